The molecule has 1 amide bonds. The van der Waals surface area contributed by atoms with Gasteiger partial charge in [0.25, 0.3) is 0 Å². The van der Waals surface area contributed by atoms with Crippen molar-refractivity contribution in [1.82, 2.24) is 20.0 Å². The number of hydrogen-bond acceptors (Lipinski definition) is 5. The first-order valence-electron chi connectivity index (χ1n) is 10.1. The summed E-state index contributed by atoms with van der Waals surface area (Å²) in [7, 11) is 0. The molecule has 1 heterocycles. The van der Waals surface area contributed by atoms with E-state index in [9.17, 15) is 14.9 Å². The minimum Gasteiger partial charge on any atom is -0.351 e. The number of amides is 1. The first-order chi connectivity index (χ1) is 12.9. The van der Waals surface area contributed by atoms with Crippen molar-refractivity contribution >= 4 is 11.6 Å². The Morgan fingerprint density at radius 1 is 1.26 bits per heavy atom. The van der Waals surface area contributed by atoms with Gasteiger partial charge in [0.05, 0.1) is 4.92 Å². The van der Waals surface area contributed by atoms with Gasteiger partial charge in [0.2, 0.25) is 5.91 Å². The molecule has 1 aromatic heterocycles. The number of nitro groups is 1. The lowest BCUT2D eigenvalue weighted by molar-refractivity contribution is -0.385. The van der Waals surface area contributed by atoms with E-state index in [-0.39, 0.29) is 24.2 Å². The molecule has 0 radical (unpaired) electrons. The molecule has 27 heavy (non-hydrogen) atoms. The number of carbonyl (C=O) groups is 1. The van der Waals surface area contributed by atoms with E-state index in [4.69, 9.17) is 0 Å². The van der Waals surface area contributed by atoms with E-state index in [1.807, 2.05) is 6.92 Å². The number of hydrogen-bond donors (Lipinski definition) is 1. The van der Waals surface area contributed by atoms with Crippen LogP contribution in [0.1, 0.15) is 65.0 Å². The lowest BCUT2D eigenvalue weighted by atomic mass is 10.2. The summed E-state index contributed by atoms with van der Waals surface area (Å²) >= 11 is 0. The Bertz CT molecular complexity index is 578. The number of nitrogens with one attached hydrogen (secondary N) is 1. The van der Waals surface area contributed by atoms with Gasteiger partial charge in [-0.2, -0.15) is 5.10 Å². The number of aromatic nitrogens is 2. The topological polar surface area (TPSA) is 93.3 Å². The lowest BCUT2D eigenvalue weighted by Gasteiger charge is -2.26. The van der Waals surface area contributed by atoms with Crippen LogP contribution in [0.4, 0.5) is 5.69 Å². The molecule has 0 aromatic carbocycles. The fourth-order valence-electron chi connectivity index (χ4n) is 3.13. The number of carbonyl (C=O) groups excluding carboxylic acids is 1. The highest BCUT2D eigenvalue weighted by Gasteiger charge is 2.19. The van der Waals surface area contributed by atoms with Gasteiger partial charge >= 0.3 is 5.69 Å². The van der Waals surface area contributed by atoms with Crippen molar-refractivity contribution in [2.75, 3.05) is 19.6 Å². The monoisotopic (exact) mass is 381 g/mol. The minimum absolute atomic E-state index is 0.00428. The van der Waals surface area contributed by atoms with Crippen molar-refractivity contribution in [1.29, 1.82) is 0 Å². The first-order valence-corrected chi connectivity index (χ1v) is 10.1. The second-order valence-corrected chi connectivity index (χ2v) is 7.21. The van der Waals surface area contributed by atoms with Crippen LogP contribution in [0.3, 0.4) is 0 Å². The number of nitrogens with zero attached hydrogens (tertiary/aromatic N) is 4. The highest BCUT2D eigenvalue weighted by atomic mass is 16.6. The average molecular weight is 382 g/mol. The highest BCUT2D eigenvalue weighted by Crippen LogP contribution is 2.15. The lowest BCUT2D eigenvalue weighted by Crippen LogP contribution is -2.43. The molecule has 8 heteroatoms. The average Bonchev–Trinajstić information content (AvgIpc) is 2.95. The molecular formula is C19H35N5O3. The Labute approximate surface area is 162 Å². The molecule has 1 unspecified atom stereocenters. The van der Waals surface area contributed by atoms with Gasteiger partial charge in [0.1, 0.15) is 18.4 Å². The summed E-state index contributed by atoms with van der Waals surface area (Å²) in [6.45, 7) is 10.9. The third-order valence-electron chi connectivity index (χ3n) is 4.66. The SMILES string of the molecule is CCCCCN(CCCCC)CC(C)NC(=O)Cn1ncc([N+](=O)[O-])c1C. The van der Waals surface area contributed by atoms with Crippen LogP contribution in [-0.4, -0.2) is 51.2 Å². The molecule has 8 nitrogen and oxygen atoms in total. The Balaban J connectivity index is 2.51. The van der Waals surface area contributed by atoms with Crippen LogP contribution in [0.15, 0.2) is 6.20 Å². The molecule has 0 fully saturated rings. The molecule has 0 aliphatic rings. The molecule has 1 rings (SSSR count). The fraction of sp³-hybridized carbons (Fsp3) is 0.789. The van der Waals surface area contributed by atoms with E-state index in [1.165, 1.54) is 49.4 Å². The third-order valence-corrected chi connectivity index (χ3v) is 4.66. The van der Waals surface area contributed by atoms with Gasteiger partial charge in [-0.25, -0.2) is 0 Å². The van der Waals surface area contributed by atoms with Crippen molar-refractivity contribution in [3.8, 4) is 0 Å². The predicted octanol–water partition coefficient (Wildman–Crippen LogP) is 3.29. The van der Waals surface area contributed by atoms with E-state index >= 15 is 0 Å². The maximum absolute atomic E-state index is 12.3. The van der Waals surface area contributed by atoms with Gasteiger partial charge in [-0.15, -0.1) is 0 Å². The summed E-state index contributed by atoms with van der Waals surface area (Å²) < 4.78 is 1.38. The van der Waals surface area contributed by atoms with Crippen LogP contribution < -0.4 is 5.32 Å². The van der Waals surface area contributed by atoms with E-state index in [2.05, 4.69) is 29.2 Å². The summed E-state index contributed by atoms with van der Waals surface area (Å²) in [6, 6.07) is 0.0200. The zero-order valence-corrected chi connectivity index (χ0v) is 17.2. The van der Waals surface area contributed by atoms with E-state index in [1.54, 1.807) is 6.92 Å². The molecule has 154 valence electrons. The molecule has 0 aliphatic carbocycles. The number of rotatable bonds is 14. The van der Waals surface area contributed by atoms with Crippen LogP contribution in [-0.2, 0) is 11.3 Å². The van der Waals surface area contributed by atoms with Crippen molar-refractivity contribution in [3.05, 3.63) is 22.0 Å². The van der Waals surface area contributed by atoms with Crippen LogP contribution in [0.5, 0.6) is 0 Å². The number of unbranched alkanes of at least 4 members (excludes halogenated alkanes) is 4. The van der Waals surface area contributed by atoms with Gasteiger partial charge in [-0.1, -0.05) is 39.5 Å². The van der Waals surface area contributed by atoms with Gasteiger partial charge < -0.3 is 10.2 Å². The Kier molecular flexibility index (Phi) is 10.6. The summed E-state index contributed by atoms with van der Waals surface area (Å²) in [4.78, 5) is 25.1. The molecule has 1 N–H and O–H groups in total. The molecule has 1 atom stereocenters. The summed E-state index contributed by atoms with van der Waals surface area (Å²) in [5, 5.41) is 17.8. The third kappa shape index (κ3) is 8.51. The molecule has 0 spiro atoms. The van der Waals surface area contributed by atoms with Crippen molar-refractivity contribution in [2.24, 2.45) is 0 Å². The van der Waals surface area contributed by atoms with Crippen LogP contribution in [0, 0.1) is 17.0 Å². The van der Waals surface area contributed by atoms with Crippen LogP contribution >= 0.6 is 0 Å². The molecule has 0 bridgehead atoms. The van der Waals surface area contributed by atoms with Crippen LogP contribution in [0.2, 0.25) is 0 Å². The second-order valence-electron chi connectivity index (χ2n) is 7.21. The summed E-state index contributed by atoms with van der Waals surface area (Å²) in [5.41, 5.74) is 0.331. The maximum Gasteiger partial charge on any atom is 0.309 e. The predicted molar refractivity (Wildman–Crippen MR) is 107 cm³/mol. The van der Waals surface area contributed by atoms with Crippen molar-refractivity contribution in [2.45, 2.75) is 78.8 Å². The van der Waals surface area contributed by atoms with Gasteiger partial charge in [-0.05, 0) is 39.8 Å². The molecular weight excluding hydrogens is 346 g/mol. The zero-order valence-electron chi connectivity index (χ0n) is 17.2. The highest BCUT2D eigenvalue weighted by molar-refractivity contribution is 5.76. The van der Waals surface area contributed by atoms with Gasteiger partial charge in [0.15, 0.2) is 0 Å². The largest absolute Gasteiger partial charge is 0.351 e. The van der Waals surface area contributed by atoms with Gasteiger partial charge in [0, 0.05) is 12.6 Å². The standard InChI is InChI=1S/C19H35N5O3/c1-5-7-9-11-22(12-10-8-6-2)14-16(3)21-19(25)15-23-17(4)18(13-20-23)24(26)27/h13,16H,5-12,14-15H2,1-4H3,(H,21,25). The van der Waals surface area contributed by atoms with E-state index in [0.717, 1.165) is 19.6 Å². The molecule has 0 saturated heterocycles. The van der Waals surface area contributed by atoms with Crippen molar-refractivity contribution in [3.63, 3.8) is 0 Å². The quantitative estimate of drug-likeness (QED) is 0.303. The van der Waals surface area contributed by atoms with E-state index in [0.29, 0.717) is 5.69 Å². The normalized spacial score (nSPS) is 12.3. The molecule has 1 aromatic rings. The van der Waals surface area contributed by atoms with Crippen LogP contribution in [0.25, 0.3) is 0 Å². The van der Waals surface area contributed by atoms with Crippen molar-refractivity contribution < 1.29 is 9.72 Å². The smallest absolute Gasteiger partial charge is 0.309 e. The molecule has 0 saturated carbocycles. The Morgan fingerprint density at radius 2 is 1.85 bits per heavy atom. The Morgan fingerprint density at radius 3 is 2.33 bits per heavy atom. The first kappa shape index (κ1) is 23.1. The maximum atomic E-state index is 12.3. The second kappa shape index (κ2) is 12.4. The summed E-state index contributed by atoms with van der Waals surface area (Å²) in [5.74, 6) is -0.175. The van der Waals surface area contributed by atoms with E-state index < -0.39 is 4.92 Å². The fourth-order valence-corrected chi connectivity index (χ4v) is 3.13. The Hall–Kier alpha value is -1.96. The summed E-state index contributed by atoms with van der Waals surface area (Å²) in [6.07, 6.45) is 8.40. The minimum atomic E-state index is -0.482. The zero-order chi connectivity index (χ0) is 20.2. The molecule has 0 aliphatic heterocycles. The van der Waals surface area contributed by atoms with Gasteiger partial charge in [-0.3, -0.25) is 19.6 Å².